The number of hydrogen-bond acceptors (Lipinski definition) is 7. The standard InChI is InChI=1S/C22H24F3N3O6/c1-13-8-17(14(2)27(13)11-16-4-3-7-33-16)20(29)12-34-21(30)10-26-18-6-5-15(22(23,24)25)9-19(18)28(31)32/h5-6,8-9,16,26H,3-4,7,10-12H2,1-2H3. The first-order valence-electron chi connectivity index (χ1n) is 10.5. The van der Waals surface area contributed by atoms with Crippen LogP contribution < -0.4 is 5.32 Å². The lowest BCUT2D eigenvalue weighted by molar-refractivity contribution is -0.384. The van der Waals surface area contributed by atoms with Crippen molar-refractivity contribution in [3.05, 3.63) is 56.9 Å². The molecule has 1 aromatic heterocycles. The summed E-state index contributed by atoms with van der Waals surface area (Å²) in [7, 11) is 0. The van der Waals surface area contributed by atoms with Crippen molar-refractivity contribution in [2.75, 3.05) is 25.1 Å². The van der Waals surface area contributed by atoms with Crippen LogP contribution in [0.3, 0.4) is 0 Å². The molecule has 2 heterocycles. The van der Waals surface area contributed by atoms with Gasteiger partial charge in [0, 0.05) is 36.2 Å². The Bertz CT molecular complexity index is 1090. The van der Waals surface area contributed by atoms with E-state index >= 15 is 0 Å². The van der Waals surface area contributed by atoms with Crippen molar-refractivity contribution >= 4 is 23.1 Å². The fraction of sp³-hybridized carbons (Fsp3) is 0.455. The molecule has 1 N–H and O–H groups in total. The van der Waals surface area contributed by atoms with Gasteiger partial charge < -0.3 is 19.4 Å². The van der Waals surface area contributed by atoms with Crippen LogP contribution in [0.2, 0.25) is 0 Å². The zero-order chi connectivity index (χ0) is 25.0. The maximum Gasteiger partial charge on any atom is 0.416 e. The van der Waals surface area contributed by atoms with Crippen LogP contribution in [0.4, 0.5) is 24.5 Å². The highest BCUT2D eigenvalue weighted by atomic mass is 19.4. The van der Waals surface area contributed by atoms with Crippen LogP contribution in [-0.4, -0.2) is 47.1 Å². The van der Waals surface area contributed by atoms with Gasteiger partial charge in [-0.05, 0) is 44.9 Å². The normalized spacial score (nSPS) is 15.9. The number of hydrogen-bond donors (Lipinski definition) is 1. The van der Waals surface area contributed by atoms with Crippen molar-refractivity contribution in [3.63, 3.8) is 0 Å². The average Bonchev–Trinajstić information content (AvgIpc) is 3.39. The minimum atomic E-state index is -4.75. The number of aromatic nitrogens is 1. The molecular weight excluding hydrogens is 459 g/mol. The van der Waals surface area contributed by atoms with Gasteiger partial charge in [0.25, 0.3) is 5.69 Å². The van der Waals surface area contributed by atoms with Crippen LogP contribution in [0.15, 0.2) is 24.3 Å². The van der Waals surface area contributed by atoms with E-state index in [1.165, 1.54) is 0 Å². The van der Waals surface area contributed by atoms with E-state index in [1.807, 2.05) is 11.5 Å². The Morgan fingerprint density at radius 3 is 2.65 bits per heavy atom. The van der Waals surface area contributed by atoms with Gasteiger partial charge in [-0.2, -0.15) is 13.2 Å². The number of nitro groups is 1. The summed E-state index contributed by atoms with van der Waals surface area (Å²) in [6, 6.07) is 3.62. The number of esters is 1. The van der Waals surface area contributed by atoms with Crippen LogP contribution in [0.25, 0.3) is 0 Å². The minimum absolute atomic E-state index is 0.0888. The number of carbonyl (C=O) groups is 2. The molecule has 0 amide bonds. The van der Waals surface area contributed by atoms with E-state index < -0.39 is 47.3 Å². The molecule has 0 bridgehead atoms. The van der Waals surface area contributed by atoms with Crippen LogP contribution in [0.1, 0.15) is 40.2 Å². The number of nitro benzene ring substituents is 1. The number of rotatable bonds is 9. The minimum Gasteiger partial charge on any atom is -0.456 e. The van der Waals surface area contributed by atoms with E-state index in [9.17, 15) is 32.9 Å². The van der Waals surface area contributed by atoms with E-state index in [0.717, 1.165) is 36.9 Å². The molecule has 34 heavy (non-hydrogen) atoms. The fourth-order valence-electron chi connectivity index (χ4n) is 3.81. The predicted octanol–water partition coefficient (Wildman–Crippen LogP) is 4.05. The second-order valence-electron chi connectivity index (χ2n) is 7.95. The number of nitrogens with one attached hydrogen (secondary N) is 1. The first-order chi connectivity index (χ1) is 16.0. The Kier molecular flexibility index (Phi) is 7.60. The van der Waals surface area contributed by atoms with Crippen molar-refractivity contribution in [1.82, 2.24) is 4.57 Å². The molecule has 1 aliphatic rings. The summed E-state index contributed by atoms with van der Waals surface area (Å²) in [6.07, 6.45) is -2.72. The van der Waals surface area contributed by atoms with Gasteiger partial charge in [-0.3, -0.25) is 19.7 Å². The largest absolute Gasteiger partial charge is 0.456 e. The lowest BCUT2D eigenvalue weighted by Crippen LogP contribution is -2.22. The number of anilines is 1. The molecule has 12 heteroatoms. The number of nitrogens with zero attached hydrogens (tertiary/aromatic N) is 2. The SMILES string of the molecule is Cc1cc(C(=O)COC(=O)CNc2ccc(C(F)(F)F)cc2[N+](=O)[O-])c(C)n1CC1CCCO1. The Labute approximate surface area is 193 Å². The molecule has 1 aromatic carbocycles. The van der Waals surface area contributed by atoms with Gasteiger partial charge in [-0.1, -0.05) is 0 Å². The van der Waals surface area contributed by atoms with E-state index in [0.29, 0.717) is 24.2 Å². The molecular formula is C22H24F3N3O6. The quantitative estimate of drug-likeness (QED) is 0.248. The highest BCUT2D eigenvalue weighted by Gasteiger charge is 2.33. The highest BCUT2D eigenvalue weighted by molar-refractivity contribution is 5.99. The van der Waals surface area contributed by atoms with Gasteiger partial charge in [0.2, 0.25) is 5.78 Å². The fourth-order valence-corrected chi connectivity index (χ4v) is 3.81. The number of carbonyl (C=O) groups excluding carboxylic acids is 2. The third-order valence-corrected chi connectivity index (χ3v) is 5.59. The van der Waals surface area contributed by atoms with Gasteiger partial charge in [-0.15, -0.1) is 0 Å². The summed E-state index contributed by atoms with van der Waals surface area (Å²) >= 11 is 0. The van der Waals surface area contributed by atoms with E-state index in [2.05, 4.69) is 5.32 Å². The molecule has 0 spiro atoms. The van der Waals surface area contributed by atoms with Crippen LogP contribution >= 0.6 is 0 Å². The van der Waals surface area contributed by atoms with E-state index in [1.54, 1.807) is 13.0 Å². The lowest BCUT2D eigenvalue weighted by Gasteiger charge is -2.14. The summed E-state index contributed by atoms with van der Waals surface area (Å²) in [4.78, 5) is 34.7. The molecule has 0 radical (unpaired) electrons. The maximum absolute atomic E-state index is 12.8. The summed E-state index contributed by atoms with van der Waals surface area (Å²) in [6.45, 7) is 3.89. The molecule has 0 saturated carbocycles. The zero-order valence-corrected chi connectivity index (χ0v) is 18.6. The molecule has 1 unspecified atom stereocenters. The summed E-state index contributed by atoms with van der Waals surface area (Å²) in [5.74, 6) is -1.31. The van der Waals surface area contributed by atoms with Crippen molar-refractivity contribution < 1.29 is 37.2 Å². The number of aryl methyl sites for hydroxylation is 1. The topological polar surface area (TPSA) is 113 Å². The van der Waals surface area contributed by atoms with Crippen LogP contribution in [0, 0.1) is 24.0 Å². The second kappa shape index (κ2) is 10.2. The molecule has 1 fully saturated rings. The molecule has 1 saturated heterocycles. The van der Waals surface area contributed by atoms with Gasteiger partial charge in [-0.25, -0.2) is 0 Å². The van der Waals surface area contributed by atoms with Crippen molar-refractivity contribution in [2.45, 2.75) is 45.5 Å². The molecule has 1 aliphatic heterocycles. The van der Waals surface area contributed by atoms with Gasteiger partial charge in [0.15, 0.2) is 6.61 Å². The predicted molar refractivity (Wildman–Crippen MR) is 115 cm³/mol. The third kappa shape index (κ3) is 5.93. The molecule has 1 atom stereocenters. The summed E-state index contributed by atoms with van der Waals surface area (Å²) in [5, 5.41) is 13.5. The Hall–Kier alpha value is -3.41. The molecule has 184 valence electrons. The summed E-state index contributed by atoms with van der Waals surface area (Å²) in [5.41, 5.74) is -0.285. The van der Waals surface area contributed by atoms with Crippen LogP contribution in [-0.2, 0) is 27.0 Å². The van der Waals surface area contributed by atoms with E-state index in [-0.39, 0.29) is 11.8 Å². The Morgan fingerprint density at radius 2 is 2.03 bits per heavy atom. The van der Waals surface area contributed by atoms with Gasteiger partial charge in [0.1, 0.15) is 12.2 Å². The monoisotopic (exact) mass is 483 g/mol. The summed E-state index contributed by atoms with van der Waals surface area (Å²) < 4.78 is 51.0. The smallest absolute Gasteiger partial charge is 0.416 e. The highest BCUT2D eigenvalue weighted by Crippen LogP contribution is 2.34. The van der Waals surface area contributed by atoms with Crippen molar-refractivity contribution in [1.29, 1.82) is 0 Å². The first-order valence-corrected chi connectivity index (χ1v) is 10.5. The number of Topliss-reactive ketones (excluding diaryl/α,β-unsaturated/α-hetero) is 1. The number of ether oxygens (including phenoxy) is 2. The molecule has 3 rings (SSSR count). The Balaban J connectivity index is 1.57. The van der Waals surface area contributed by atoms with Crippen molar-refractivity contribution in [3.8, 4) is 0 Å². The third-order valence-electron chi connectivity index (χ3n) is 5.59. The number of ketones is 1. The average molecular weight is 483 g/mol. The van der Waals surface area contributed by atoms with Crippen molar-refractivity contribution in [2.24, 2.45) is 0 Å². The van der Waals surface area contributed by atoms with Gasteiger partial charge in [0.05, 0.1) is 16.6 Å². The Morgan fingerprint density at radius 1 is 1.29 bits per heavy atom. The first kappa shape index (κ1) is 25.2. The molecule has 9 nitrogen and oxygen atoms in total. The number of benzene rings is 1. The zero-order valence-electron chi connectivity index (χ0n) is 18.6. The van der Waals surface area contributed by atoms with Crippen LogP contribution in [0.5, 0.6) is 0 Å². The van der Waals surface area contributed by atoms with E-state index in [4.69, 9.17) is 9.47 Å². The lowest BCUT2D eigenvalue weighted by atomic mass is 10.1. The molecule has 2 aromatic rings. The van der Waals surface area contributed by atoms with Gasteiger partial charge >= 0.3 is 12.1 Å². The number of halogens is 3. The second-order valence-corrected chi connectivity index (χ2v) is 7.95. The molecule has 0 aliphatic carbocycles. The number of alkyl halides is 3. The maximum atomic E-state index is 12.8.